The van der Waals surface area contributed by atoms with Gasteiger partial charge in [0.15, 0.2) is 0 Å². The molecule has 3 aromatic carbocycles. The molecule has 0 spiro atoms. The third-order valence-electron chi connectivity index (χ3n) is 8.39. The Labute approximate surface area is 228 Å². The molecule has 6 rings (SSSR count). The molecule has 2 aliphatic carbocycles. The molecule has 184 valence electrons. The Morgan fingerprint density at radius 1 is 0.722 bits per heavy atom. The number of halogens is 2. The number of hydrogen-bond acceptors (Lipinski definition) is 3. The predicted octanol–water partition coefficient (Wildman–Crippen LogP) is 7.09. The lowest BCUT2D eigenvalue weighted by atomic mass is 9.78. The smallest absolute Gasteiger partial charge is 0.238 e. The molecule has 1 saturated heterocycles. The molecule has 6 heteroatoms. The molecule has 1 aliphatic heterocycles. The van der Waals surface area contributed by atoms with E-state index in [2.05, 4.69) is 82.1 Å². The molecule has 6 atom stereocenters. The number of alkyl halides is 2. The van der Waals surface area contributed by atoms with Crippen LogP contribution >= 0.6 is 31.9 Å². The lowest BCUT2D eigenvalue weighted by molar-refractivity contribution is -0.123. The number of anilines is 1. The average molecular weight is 609 g/mol. The Hall–Kier alpha value is -2.44. The van der Waals surface area contributed by atoms with Crippen LogP contribution in [0.25, 0.3) is 0 Å². The van der Waals surface area contributed by atoms with E-state index >= 15 is 0 Å². The van der Waals surface area contributed by atoms with Crippen LogP contribution in [-0.4, -0.2) is 21.5 Å². The van der Waals surface area contributed by atoms with Crippen LogP contribution in [0.15, 0.2) is 78.9 Å². The SMILES string of the molecule is CC(C)(c1ccccc1)c1ccc(Oc2ccc(N3C(=O)[C@@H]4[C@H]5C[C@@H]([C@@H](Br)[C@@H]5Br)[C@@H]4C3=O)cc2)cc1. The molecule has 2 amide bonds. The van der Waals surface area contributed by atoms with Gasteiger partial charge < -0.3 is 4.74 Å². The molecule has 4 nitrogen and oxygen atoms in total. The normalized spacial score (nSPS) is 29.1. The van der Waals surface area contributed by atoms with E-state index in [0.29, 0.717) is 11.4 Å². The van der Waals surface area contributed by atoms with Crippen LogP contribution in [0.4, 0.5) is 5.69 Å². The zero-order valence-corrected chi connectivity index (χ0v) is 23.3. The van der Waals surface area contributed by atoms with E-state index in [1.54, 1.807) is 12.1 Å². The van der Waals surface area contributed by atoms with Crippen molar-refractivity contribution >= 4 is 49.4 Å². The summed E-state index contributed by atoms with van der Waals surface area (Å²) in [6.45, 7) is 4.43. The first-order chi connectivity index (χ1) is 17.3. The number of rotatable bonds is 5. The van der Waals surface area contributed by atoms with Gasteiger partial charge in [-0.1, -0.05) is 88.2 Å². The molecule has 36 heavy (non-hydrogen) atoms. The standard InChI is InChI=1S/C30H27Br2NO3/c1-30(2,17-6-4-3-5-7-17)18-8-12-20(13-9-18)36-21-14-10-19(11-15-21)33-28(34)24-22-16-23(25(24)29(33)35)27(32)26(22)31/h3-15,22-27H,16H2,1-2H3/t22-,23-,24-,25+,26-,27-/m1/s1. The summed E-state index contributed by atoms with van der Waals surface area (Å²) < 4.78 is 6.07. The van der Waals surface area contributed by atoms with Crippen molar-refractivity contribution in [1.29, 1.82) is 0 Å². The van der Waals surface area contributed by atoms with Crippen molar-refractivity contribution in [2.75, 3.05) is 4.90 Å². The van der Waals surface area contributed by atoms with E-state index in [-0.39, 0.29) is 50.6 Å². The van der Waals surface area contributed by atoms with Gasteiger partial charge in [-0.25, -0.2) is 0 Å². The minimum atomic E-state index is -0.213. The van der Waals surface area contributed by atoms with Crippen LogP contribution in [-0.2, 0) is 15.0 Å². The number of imide groups is 1. The van der Waals surface area contributed by atoms with E-state index < -0.39 is 0 Å². The Balaban J connectivity index is 1.17. The van der Waals surface area contributed by atoms with Crippen LogP contribution in [0.5, 0.6) is 11.5 Å². The molecule has 0 aromatic heterocycles. The zero-order chi connectivity index (χ0) is 25.2. The van der Waals surface area contributed by atoms with Gasteiger partial charge >= 0.3 is 0 Å². The fraction of sp³-hybridized carbons (Fsp3) is 0.333. The molecule has 0 N–H and O–H groups in total. The van der Waals surface area contributed by atoms with E-state index in [1.165, 1.54) is 16.0 Å². The minimum Gasteiger partial charge on any atom is -0.457 e. The lowest BCUT2D eigenvalue weighted by Crippen LogP contribution is -2.37. The Bertz CT molecular complexity index is 1270. The highest BCUT2D eigenvalue weighted by Gasteiger charge is 2.66. The first-order valence-corrected chi connectivity index (χ1v) is 14.2. The second-order valence-electron chi connectivity index (χ2n) is 10.6. The second kappa shape index (κ2) is 8.84. The predicted molar refractivity (Wildman–Crippen MR) is 148 cm³/mol. The van der Waals surface area contributed by atoms with Crippen LogP contribution in [0.2, 0.25) is 0 Å². The molecular formula is C30H27Br2NO3. The monoisotopic (exact) mass is 607 g/mol. The summed E-state index contributed by atoms with van der Waals surface area (Å²) in [5, 5.41) is 0. The van der Waals surface area contributed by atoms with Crippen molar-refractivity contribution in [1.82, 2.24) is 0 Å². The molecule has 0 radical (unpaired) electrons. The highest BCUT2D eigenvalue weighted by atomic mass is 79.9. The number of amides is 2. The Kier molecular flexibility index (Phi) is 5.88. The third-order valence-corrected chi connectivity index (χ3v) is 11.6. The van der Waals surface area contributed by atoms with Crippen molar-refractivity contribution in [3.05, 3.63) is 90.0 Å². The quantitative estimate of drug-likeness (QED) is 0.229. The lowest BCUT2D eigenvalue weighted by Gasteiger charge is -2.28. The number of fused-ring (bicyclic) bond motifs is 5. The van der Waals surface area contributed by atoms with Gasteiger partial charge in [-0.2, -0.15) is 0 Å². The maximum absolute atomic E-state index is 13.3. The first kappa shape index (κ1) is 23.9. The van der Waals surface area contributed by atoms with Crippen LogP contribution in [0, 0.1) is 23.7 Å². The molecule has 2 bridgehead atoms. The fourth-order valence-electron chi connectivity index (χ4n) is 6.36. The van der Waals surface area contributed by atoms with Gasteiger partial charge in [0.2, 0.25) is 11.8 Å². The minimum absolute atomic E-state index is 0.0633. The number of nitrogens with zero attached hydrogens (tertiary/aromatic N) is 1. The van der Waals surface area contributed by atoms with Crippen molar-refractivity contribution < 1.29 is 14.3 Å². The van der Waals surface area contributed by atoms with Gasteiger partial charge in [0.25, 0.3) is 0 Å². The largest absolute Gasteiger partial charge is 0.457 e. The van der Waals surface area contributed by atoms with Gasteiger partial charge in [0.05, 0.1) is 17.5 Å². The van der Waals surface area contributed by atoms with Gasteiger partial charge in [-0.05, 0) is 65.8 Å². The molecule has 1 heterocycles. The van der Waals surface area contributed by atoms with E-state index in [1.807, 2.05) is 30.3 Å². The first-order valence-electron chi connectivity index (χ1n) is 12.4. The number of carbonyl (C=O) groups is 2. The number of carbonyl (C=O) groups excluding carboxylic acids is 2. The average Bonchev–Trinajstić information content (AvgIpc) is 3.50. The maximum Gasteiger partial charge on any atom is 0.238 e. The number of hydrogen-bond donors (Lipinski definition) is 0. The van der Waals surface area contributed by atoms with Crippen LogP contribution in [0.1, 0.15) is 31.4 Å². The summed E-state index contributed by atoms with van der Waals surface area (Å²) in [6.07, 6.45) is 0.931. The highest BCUT2D eigenvalue weighted by Crippen LogP contribution is 2.60. The van der Waals surface area contributed by atoms with Crippen LogP contribution in [0.3, 0.4) is 0 Å². The molecule has 3 aromatic rings. The summed E-state index contributed by atoms with van der Waals surface area (Å²) in [5.74, 6) is 1.27. The summed E-state index contributed by atoms with van der Waals surface area (Å²) in [6, 6.07) is 25.9. The summed E-state index contributed by atoms with van der Waals surface area (Å²) in [7, 11) is 0. The molecule has 3 fully saturated rings. The second-order valence-corrected chi connectivity index (χ2v) is 12.7. The van der Waals surface area contributed by atoms with Gasteiger partial charge in [0, 0.05) is 15.1 Å². The maximum atomic E-state index is 13.3. The highest BCUT2D eigenvalue weighted by molar-refractivity contribution is 9.12. The topological polar surface area (TPSA) is 46.6 Å². The number of ether oxygens (including phenoxy) is 1. The van der Waals surface area contributed by atoms with Crippen molar-refractivity contribution in [2.24, 2.45) is 23.7 Å². The summed E-state index contributed by atoms with van der Waals surface area (Å²) in [5.41, 5.74) is 2.97. The van der Waals surface area contributed by atoms with Gasteiger partial charge in [-0.3, -0.25) is 14.5 Å². The Morgan fingerprint density at radius 3 is 1.72 bits per heavy atom. The molecule has 2 saturated carbocycles. The van der Waals surface area contributed by atoms with E-state index in [9.17, 15) is 9.59 Å². The fourth-order valence-corrected chi connectivity index (χ4v) is 8.24. The molecule has 0 unspecified atom stereocenters. The molecule has 3 aliphatic rings. The third kappa shape index (κ3) is 3.67. The van der Waals surface area contributed by atoms with E-state index in [0.717, 1.165) is 12.2 Å². The summed E-state index contributed by atoms with van der Waals surface area (Å²) >= 11 is 7.49. The number of benzene rings is 3. The van der Waals surface area contributed by atoms with Gasteiger partial charge in [0.1, 0.15) is 11.5 Å². The van der Waals surface area contributed by atoms with Crippen LogP contribution < -0.4 is 9.64 Å². The zero-order valence-electron chi connectivity index (χ0n) is 20.1. The Morgan fingerprint density at radius 2 is 1.19 bits per heavy atom. The van der Waals surface area contributed by atoms with Crippen molar-refractivity contribution in [3.63, 3.8) is 0 Å². The summed E-state index contributed by atoms with van der Waals surface area (Å²) in [4.78, 5) is 28.4. The molecular weight excluding hydrogens is 582 g/mol. The van der Waals surface area contributed by atoms with Crippen molar-refractivity contribution in [3.8, 4) is 11.5 Å². The van der Waals surface area contributed by atoms with Crippen molar-refractivity contribution in [2.45, 2.75) is 35.3 Å². The van der Waals surface area contributed by atoms with E-state index in [4.69, 9.17) is 4.74 Å². The van der Waals surface area contributed by atoms with Gasteiger partial charge in [-0.15, -0.1) is 0 Å².